The molecule has 0 bridgehead atoms. The van der Waals surface area contributed by atoms with Gasteiger partial charge in [-0.25, -0.2) is 8.78 Å². The van der Waals surface area contributed by atoms with Gasteiger partial charge in [-0.3, -0.25) is 0 Å². The predicted octanol–water partition coefficient (Wildman–Crippen LogP) is 3.83. The van der Waals surface area contributed by atoms with Gasteiger partial charge in [0.2, 0.25) is 0 Å². The van der Waals surface area contributed by atoms with Gasteiger partial charge in [-0.05, 0) is 57.0 Å². The van der Waals surface area contributed by atoms with E-state index in [1.165, 1.54) is 18.6 Å². The Hall–Kier alpha value is -1.00. The quantitative estimate of drug-likeness (QED) is 0.861. The maximum atomic E-state index is 13.9. The van der Waals surface area contributed by atoms with Gasteiger partial charge in [0.15, 0.2) is 0 Å². The van der Waals surface area contributed by atoms with Crippen LogP contribution in [0.5, 0.6) is 0 Å². The average Bonchev–Trinajstić information content (AvgIpc) is 2.49. The third-order valence-corrected chi connectivity index (χ3v) is 4.55. The molecule has 2 nitrogen and oxygen atoms in total. The first kappa shape index (κ1) is 16.4. The molecule has 1 fully saturated rings. The summed E-state index contributed by atoms with van der Waals surface area (Å²) >= 11 is 0. The topological polar surface area (TPSA) is 21.3 Å². The Balaban J connectivity index is 2.22. The SMILES string of the molecule is CCOC1(C(Cc2cc(F)ccc2F)NC)CCCCC1. The molecule has 1 aliphatic carbocycles. The van der Waals surface area contributed by atoms with E-state index >= 15 is 0 Å². The van der Waals surface area contributed by atoms with Gasteiger partial charge in [0.1, 0.15) is 11.6 Å². The summed E-state index contributed by atoms with van der Waals surface area (Å²) in [6.07, 6.45) is 5.87. The smallest absolute Gasteiger partial charge is 0.126 e. The van der Waals surface area contributed by atoms with Crippen LogP contribution in [0, 0.1) is 11.6 Å². The van der Waals surface area contributed by atoms with Gasteiger partial charge in [-0.15, -0.1) is 0 Å². The number of nitrogens with one attached hydrogen (secondary N) is 1. The second kappa shape index (κ2) is 7.32. The van der Waals surface area contributed by atoms with Crippen molar-refractivity contribution >= 4 is 0 Å². The molecule has 0 aromatic heterocycles. The summed E-state index contributed by atoms with van der Waals surface area (Å²) in [5.74, 6) is -0.741. The summed E-state index contributed by atoms with van der Waals surface area (Å²) in [5, 5.41) is 3.28. The van der Waals surface area contributed by atoms with Gasteiger partial charge < -0.3 is 10.1 Å². The lowest BCUT2D eigenvalue weighted by molar-refractivity contribution is -0.0884. The molecule has 0 heterocycles. The monoisotopic (exact) mass is 297 g/mol. The summed E-state index contributed by atoms with van der Waals surface area (Å²) in [6.45, 7) is 2.63. The molecule has 0 amide bonds. The van der Waals surface area contributed by atoms with E-state index in [0.717, 1.165) is 31.7 Å². The summed E-state index contributed by atoms with van der Waals surface area (Å²) in [5.41, 5.74) is 0.152. The van der Waals surface area contributed by atoms with E-state index < -0.39 is 5.82 Å². The van der Waals surface area contributed by atoms with Crippen LogP contribution in [0.25, 0.3) is 0 Å². The van der Waals surface area contributed by atoms with Crippen molar-refractivity contribution in [3.63, 3.8) is 0 Å². The number of benzene rings is 1. The Morgan fingerprint density at radius 3 is 2.57 bits per heavy atom. The van der Waals surface area contributed by atoms with Gasteiger partial charge in [-0.2, -0.15) is 0 Å². The molecule has 1 aromatic rings. The number of hydrogen-bond acceptors (Lipinski definition) is 2. The first-order valence-corrected chi connectivity index (χ1v) is 7.86. The molecule has 0 aliphatic heterocycles. The van der Waals surface area contributed by atoms with Crippen LogP contribution >= 0.6 is 0 Å². The molecular weight excluding hydrogens is 272 g/mol. The van der Waals surface area contributed by atoms with Crippen LogP contribution in [0.15, 0.2) is 18.2 Å². The van der Waals surface area contributed by atoms with Crippen molar-refractivity contribution < 1.29 is 13.5 Å². The molecule has 0 saturated heterocycles. The Kier molecular flexibility index (Phi) is 5.71. The Labute approximate surface area is 125 Å². The largest absolute Gasteiger partial charge is 0.374 e. The normalized spacial score (nSPS) is 19.4. The van der Waals surface area contributed by atoms with Gasteiger partial charge in [-0.1, -0.05) is 19.3 Å². The molecule has 1 N–H and O–H groups in total. The molecule has 1 saturated carbocycles. The van der Waals surface area contributed by atoms with Crippen molar-refractivity contribution in [2.24, 2.45) is 0 Å². The first-order valence-electron chi connectivity index (χ1n) is 7.86. The Morgan fingerprint density at radius 1 is 1.24 bits per heavy atom. The van der Waals surface area contributed by atoms with E-state index in [9.17, 15) is 8.78 Å². The molecule has 118 valence electrons. The standard InChI is InChI=1S/C17H25F2NO/c1-3-21-17(9-5-4-6-10-17)16(20-2)12-13-11-14(18)7-8-15(13)19/h7-8,11,16,20H,3-6,9-10,12H2,1-2H3. The molecule has 0 radical (unpaired) electrons. The van der Waals surface area contributed by atoms with Crippen LogP contribution in [0.2, 0.25) is 0 Å². The third-order valence-electron chi connectivity index (χ3n) is 4.55. The number of rotatable bonds is 6. The van der Waals surface area contributed by atoms with Crippen LogP contribution in [0.3, 0.4) is 0 Å². The predicted molar refractivity (Wildman–Crippen MR) is 80.4 cm³/mol. The summed E-state index contributed by atoms with van der Waals surface area (Å²) in [6, 6.07) is 3.65. The summed E-state index contributed by atoms with van der Waals surface area (Å²) < 4.78 is 33.4. The average molecular weight is 297 g/mol. The lowest BCUT2D eigenvalue weighted by atomic mass is 9.77. The molecule has 1 unspecified atom stereocenters. The number of likely N-dealkylation sites (N-methyl/N-ethyl adjacent to an activating group) is 1. The van der Waals surface area contributed by atoms with Crippen molar-refractivity contribution in [2.75, 3.05) is 13.7 Å². The van der Waals surface area contributed by atoms with Crippen LogP contribution < -0.4 is 5.32 Å². The number of ether oxygens (including phenoxy) is 1. The fourth-order valence-corrected chi connectivity index (χ4v) is 3.50. The van der Waals surface area contributed by atoms with Crippen molar-refractivity contribution in [1.29, 1.82) is 0 Å². The van der Waals surface area contributed by atoms with E-state index in [4.69, 9.17) is 4.74 Å². The highest BCUT2D eigenvalue weighted by Gasteiger charge is 2.40. The molecule has 4 heteroatoms. The van der Waals surface area contributed by atoms with E-state index in [1.807, 2.05) is 14.0 Å². The summed E-state index contributed by atoms with van der Waals surface area (Å²) in [4.78, 5) is 0. The zero-order chi connectivity index (χ0) is 15.3. The lowest BCUT2D eigenvalue weighted by Crippen LogP contribution is -2.54. The molecular formula is C17H25F2NO. The zero-order valence-electron chi connectivity index (χ0n) is 12.9. The maximum absolute atomic E-state index is 13.9. The highest BCUT2D eigenvalue weighted by molar-refractivity contribution is 5.21. The maximum Gasteiger partial charge on any atom is 0.126 e. The fraction of sp³-hybridized carbons (Fsp3) is 0.647. The van der Waals surface area contributed by atoms with E-state index in [2.05, 4.69) is 5.32 Å². The number of hydrogen-bond donors (Lipinski definition) is 1. The lowest BCUT2D eigenvalue weighted by Gasteiger charge is -2.43. The van der Waals surface area contributed by atoms with E-state index in [1.54, 1.807) is 0 Å². The number of halogens is 2. The molecule has 2 rings (SSSR count). The second-order valence-electron chi connectivity index (χ2n) is 5.84. The molecule has 21 heavy (non-hydrogen) atoms. The minimum absolute atomic E-state index is 0.00551. The minimum Gasteiger partial charge on any atom is -0.374 e. The fourth-order valence-electron chi connectivity index (χ4n) is 3.50. The van der Waals surface area contributed by atoms with E-state index in [-0.39, 0.29) is 17.5 Å². The van der Waals surface area contributed by atoms with Crippen molar-refractivity contribution in [3.05, 3.63) is 35.4 Å². The highest BCUT2D eigenvalue weighted by Crippen LogP contribution is 2.36. The molecule has 1 aliphatic rings. The van der Waals surface area contributed by atoms with Crippen LogP contribution in [0.4, 0.5) is 8.78 Å². The molecule has 1 aromatic carbocycles. The summed E-state index contributed by atoms with van der Waals surface area (Å²) in [7, 11) is 1.87. The van der Waals surface area contributed by atoms with Crippen molar-refractivity contribution in [2.45, 2.75) is 57.1 Å². The molecule has 0 spiro atoms. The van der Waals surface area contributed by atoms with Gasteiger partial charge >= 0.3 is 0 Å². The van der Waals surface area contributed by atoms with Crippen molar-refractivity contribution in [1.82, 2.24) is 5.32 Å². The van der Waals surface area contributed by atoms with Crippen LogP contribution in [0.1, 0.15) is 44.6 Å². The highest BCUT2D eigenvalue weighted by atomic mass is 19.1. The first-order chi connectivity index (χ1) is 10.1. The zero-order valence-corrected chi connectivity index (χ0v) is 12.9. The second-order valence-corrected chi connectivity index (χ2v) is 5.84. The van der Waals surface area contributed by atoms with Crippen LogP contribution in [-0.2, 0) is 11.2 Å². The van der Waals surface area contributed by atoms with Gasteiger partial charge in [0.05, 0.1) is 5.60 Å². The molecule has 1 atom stereocenters. The van der Waals surface area contributed by atoms with Gasteiger partial charge in [0.25, 0.3) is 0 Å². The van der Waals surface area contributed by atoms with Crippen molar-refractivity contribution in [3.8, 4) is 0 Å². The van der Waals surface area contributed by atoms with Gasteiger partial charge in [0, 0.05) is 12.6 Å². The van der Waals surface area contributed by atoms with Crippen LogP contribution in [-0.4, -0.2) is 25.3 Å². The Bertz CT molecular complexity index is 453. The Morgan fingerprint density at radius 2 is 1.95 bits per heavy atom. The minimum atomic E-state index is -0.393. The third kappa shape index (κ3) is 3.80. The van der Waals surface area contributed by atoms with E-state index in [0.29, 0.717) is 18.6 Å².